The van der Waals surface area contributed by atoms with Crippen molar-refractivity contribution in [2.24, 2.45) is 0 Å². The number of carbonyl (C=O) groups excluding carboxylic acids is 2. The van der Waals surface area contributed by atoms with Gasteiger partial charge < -0.3 is 15.0 Å². The Morgan fingerprint density at radius 3 is 2.63 bits per heavy atom. The summed E-state index contributed by atoms with van der Waals surface area (Å²) in [5.74, 6) is 1.34. The molecule has 1 saturated heterocycles. The van der Waals surface area contributed by atoms with Crippen LogP contribution in [0.5, 0.6) is 5.75 Å². The van der Waals surface area contributed by atoms with Crippen molar-refractivity contribution in [1.29, 1.82) is 0 Å². The van der Waals surface area contributed by atoms with Crippen LogP contribution in [0.15, 0.2) is 41.8 Å². The van der Waals surface area contributed by atoms with Crippen LogP contribution in [0.1, 0.15) is 66.1 Å². The fourth-order valence-electron chi connectivity index (χ4n) is 4.97. The summed E-state index contributed by atoms with van der Waals surface area (Å²) in [5.41, 5.74) is 0.853. The molecule has 3 heterocycles. The highest BCUT2D eigenvalue weighted by Gasteiger charge is 2.44. The lowest BCUT2D eigenvalue weighted by atomic mass is 9.76. The van der Waals surface area contributed by atoms with Crippen LogP contribution >= 0.6 is 11.3 Å². The molecule has 1 aromatic heterocycles. The smallest absolute Gasteiger partial charge is 0.263 e. The van der Waals surface area contributed by atoms with Crippen molar-refractivity contribution in [1.82, 2.24) is 10.2 Å². The maximum atomic E-state index is 12.7. The third kappa shape index (κ3) is 3.85. The fourth-order valence-corrected chi connectivity index (χ4v) is 5.66. The highest BCUT2D eigenvalue weighted by Crippen LogP contribution is 2.46. The first-order valence-corrected chi connectivity index (χ1v) is 11.9. The van der Waals surface area contributed by atoms with Gasteiger partial charge in [-0.3, -0.25) is 9.59 Å². The molecule has 1 spiro atoms. The summed E-state index contributed by atoms with van der Waals surface area (Å²) in [7, 11) is 0. The van der Waals surface area contributed by atoms with Crippen molar-refractivity contribution in [3.05, 3.63) is 52.2 Å². The van der Waals surface area contributed by atoms with E-state index in [1.165, 1.54) is 17.8 Å². The number of benzene rings is 1. The Morgan fingerprint density at radius 2 is 1.93 bits per heavy atom. The molecular weight excluding hydrogens is 396 g/mol. The second-order valence-corrected chi connectivity index (χ2v) is 9.84. The zero-order chi connectivity index (χ0) is 20.6. The minimum atomic E-state index is -0.290. The third-order valence-corrected chi connectivity index (χ3v) is 7.76. The first kappa shape index (κ1) is 19.6. The van der Waals surface area contributed by atoms with Crippen LogP contribution in [0, 0.1) is 0 Å². The number of nitrogens with one attached hydrogen (secondary N) is 1. The van der Waals surface area contributed by atoms with Crippen molar-refractivity contribution in [2.75, 3.05) is 13.1 Å². The largest absolute Gasteiger partial charge is 0.487 e. The van der Waals surface area contributed by atoms with Gasteiger partial charge in [0.15, 0.2) is 0 Å². The lowest BCUT2D eigenvalue weighted by molar-refractivity contribution is -0.123. The Bertz CT molecular complexity index is 914. The minimum absolute atomic E-state index is 0.118. The zero-order valence-electron chi connectivity index (χ0n) is 17.1. The van der Waals surface area contributed by atoms with Gasteiger partial charge in [0, 0.05) is 44.3 Å². The number of carbonyl (C=O) groups is 2. The standard InChI is InChI=1S/C24H28N2O3S/c27-22(25-18-5-3-6-18)15-17-16-24(29-20-8-2-1-7-19(17)20)10-12-26(13-11-24)23(28)21-9-4-14-30-21/h1-2,4,7-9,14,17-18H,3,5-6,10-13,15-16H2,(H,25,27)/t17-/m0/s1. The van der Waals surface area contributed by atoms with Crippen molar-refractivity contribution in [3.63, 3.8) is 0 Å². The second-order valence-electron chi connectivity index (χ2n) is 8.89. The van der Waals surface area contributed by atoms with Crippen molar-refractivity contribution in [3.8, 4) is 5.75 Å². The molecule has 2 aromatic rings. The summed E-state index contributed by atoms with van der Waals surface area (Å²) in [4.78, 5) is 28.1. The van der Waals surface area contributed by atoms with Crippen LogP contribution in [0.4, 0.5) is 0 Å². The topological polar surface area (TPSA) is 58.6 Å². The van der Waals surface area contributed by atoms with Crippen LogP contribution in [0.25, 0.3) is 0 Å². The van der Waals surface area contributed by atoms with Gasteiger partial charge in [-0.2, -0.15) is 0 Å². The Morgan fingerprint density at radius 1 is 1.13 bits per heavy atom. The summed E-state index contributed by atoms with van der Waals surface area (Å²) in [5, 5.41) is 5.14. The van der Waals surface area contributed by atoms with Crippen LogP contribution in [-0.4, -0.2) is 41.4 Å². The van der Waals surface area contributed by atoms with Gasteiger partial charge in [-0.05, 0) is 48.8 Å². The molecule has 1 aromatic carbocycles. The molecule has 0 bridgehead atoms. The van der Waals surface area contributed by atoms with E-state index < -0.39 is 0 Å². The van der Waals surface area contributed by atoms with Gasteiger partial charge in [-0.15, -0.1) is 11.3 Å². The quantitative estimate of drug-likeness (QED) is 0.794. The Hall–Kier alpha value is -2.34. The molecule has 1 aliphatic carbocycles. The van der Waals surface area contributed by atoms with E-state index in [0.717, 1.165) is 48.3 Å². The molecule has 6 heteroatoms. The Labute approximate surface area is 181 Å². The highest BCUT2D eigenvalue weighted by atomic mass is 32.1. The van der Waals surface area contributed by atoms with Gasteiger partial charge in [-0.1, -0.05) is 24.3 Å². The number of rotatable bonds is 4. The van der Waals surface area contributed by atoms with E-state index in [-0.39, 0.29) is 23.3 Å². The van der Waals surface area contributed by atoms with Crippen LogP contribution < -0.4 is 10.1 Å². The molecule has 2 amide bonds. The minimum Gasteiger partial charge on any atom is -0.487 e. The van der Waals surface area contributed by atoms with E-state index in [2.05, 4.69) is 11.4 Å². The molecule has 1 N–H and O–H groups in total. The number of ether oxygens (including phenoxy) is 1. The lowest BCUT2D eigenvalue weighted by Gasteiger charge is -2.47. The first-order chi connectivity index (χ1) is 14.6. The van der Waals surface area contributed by atoms with E-state index >= 15 is 0 Å². The fraction of sp³-hybridized carbons (Fsp3) is 0.500. The predicted octanol–water partition coefficient (Wildman–Crippen LogP) is 4.35. The molecule has 30 heavy (non-hydrogen) atoms. The van der Waals surface area contributed by atoms with Crippen LogP contribution in [-0.2, 0) is 4.79 Å². The molecule has 5 nitrogen and oxygen atoms in total. The molecule has 1 saturated carbocycles. The van der Waals surface area contributed by atoms with E-state index in [1.54, 1.807) is 0 Å². The summed E-state index contributed by atoms with van der Waals surface area (Å²) >= 11 is 1.49. The average Bonchev–Trinajstić information content (AvgIpc) is 3.26. The summed E-state index contributed by atoms with van der Waals surface area (Å²) < 4.78 is 6.54. The van der Waals surface area contributed by atoms with Crippen LogP contribution in [0.2, 0.25) is 0 Å². The summed E-state index contributed by atoms with van der Waals surface area (Å²) in [6.45, 7) is 1.39. The number of piperidine rings is 1. The van der Waals surface area contributed by atoms with Gasteiger partial charge in [0.2, 0.25) is 5.91 Å². The Balaban J connectivity index is 1.29. The molecule has 3 aliphatic rings. The molecule has 0 unspecified atom stereocenters. The summed E-state index contributed by atoms with van der Waals surface area (Å²) in [6, 6.07) is 12.3. The maximum Gasteiger partial charge on any atom is 0.263 e. The SMILES string of the molecule is O=C(C[C@H]1CC2(CCN(C(=O)c3cccs3)CC2)Oc2ccccc21)NC1CCC1. The maximum absolute atomic E-state index is 12.7. The predicted molar refractivity (Wildman–Crippen MR) is 117 cm³/mol. The number of likely N-dealkylation sites (tertiary alicyclic amines) is 1. The van der Waals surface area contributed by atoms with Crippen molar-refractivity contribution in [2.45, 2.75) is 62.5 Å². The lowest BCUT2D eigenvalue weighted by Crippen LogP contribution is -2.52. The van der Waals surface area contributed by atoms with E-state index in [0.29, 0.717) is 25.6 Å². The number of fused-ring (bicyclic) bond motifs is 1. The van der Waals surface area contributed by atoms with Crippen molar-refractivity contribution >= 4 is 23.2 Å². The summed E-state index contributed by atoms with van der Waals surface area (Å²) in [6.07, 6.45) is 6.38. The number of hydrogen-bond acceptors (Lipinski definition) is 4. The average molecular weight is 425 g/mol. The van der Waals surface area contributed by atoms with Gasteiger partial charge in [0.05, 0.1) is 4.88 Å². The van der Waals surface area contributed by atoms with Crippen molar-refractivity contribution < 1.29 is 14.3 Å². The van der Waals surface area contributed by atoms with E-state index in [9.17, 15) is 9.59 Å². The second kappa shape index (κ2) is 8.06. The van der Waals surface area contributed by atoms with Gasteiger partial charge in [0.1, 0.15) is 11.4 Å². The molecule has 5 rings (SSSR count). The third-order valence-electron chi connectivity index (χ3n) is 6.90. The van der Waals surface area contributed by atoms with Crippen LogP contribution in [0.3, 0.4) is 0 Å². The normalized spacial score (nSPS) is 22.7. The molecule has 158 valence electrons. The zero-order valence-corrected chi connectivity index (χ0v) is 18.0. The van der Waals surface area contributed by atoms with Gasteiger partial charge in [0.25, 0.3) is 5.91 Å². The highest BCUT2D eigenvalue weighted by molar-refractivity contribution is 7.12. The molecule has 0 radical (unpaired) electrons. The Kier molecular flexibility index (Phi) is 5.27. The molecular formula is C24H28N2O3S. The number of para-hydroxylation sites is 1. The van der Waals surface area contributed by atoms with Gasteiger partial charge in [-0.25, -0.2) is 0 Å². The van der Waals surface area contributed by atoms with E-state index in [1.807, 2.05) is 40.6 Å². The molecule has 2 aliphatic heterocycles. The number of thiophene rings is 1. The molecule has 2 fully saturated rings. The van der Waals surface area contributed by atoms with E-state index in [4.69, 9.17) is 4.74 Å². The number of amides is 2. The monoisotopic (exact) mass is 424 g/mol. The number of nitrogens with zero attached hydrogens (tertiary/aromatic N) is 1. The molecule has 1 atom stereocenters. The first-order valence-electron chi connectivity index (χ1n) is 11.0. The van der Waals surface area contributed by atoms with Gasteiger partial charge >= 0.3 is 0 Å². The number of hydrogen-bond donors (Lipinski definition) is 1.